The van der Waals surface area contributed by atoms with Crippen molar-refractivity contribution in [3.8, 4) is 5.88 Å². The molecule has 168 valence electrons. The Hall–Kier alpha value is -2.74. The van der Waals surface area contributed by atoms with Crippen LogP contribution in [0.5, 0.6) is 5.88 Å². The monoisotopic (exact) mass is 431 g/mol. The van der Waals surface area contributed by atoms with Crippen LogP contribution in [0.2, 0.25) is 0 Å². The second kappa shape index (κ2) is 11.6. The van der Waals surface area contributed by atoms with Crippen molar-refractivity contribution in [1.82, 2.24) is 20.5 Å². The summed E-state index contributed by atoms with van der Waals surface area (Å²) < 4.78 is 32.0. The lowest BCUT2D eigenvalue weighted by molar-refractivity contribution is 0.198. The first kappa shape index (κ1) is 22.9. The first-order chi connectivity index (χ1) is 15.1. The highest BCUT2D eigenvalue weighted by Gasteiger charge is 2.20. The average Bonchev–Trinajstić information content (AvgIpc) is 2.79. The van der Waals surface area contributed by atoms with E-state index < -0.39 is 11.6 Å². The lowest BCUT2D eigenvalue weighted by Gasteiger charge is -2.33. The Balaban J connectivity index is 1.40. The maximum Gasteiger partial charge on any atom is 0.213 e. The summed E-state index contributed by atoms with van der Waals surface area (Å²) in [5, 5.41) is 6.80. The minimum Gasteiger partial charge on any atom is -0.478 e. The Labute approximate surface area is 182 Å². The molecule has 3 rings (SSSR count). The summed E-state index contributed by atoms with van der Waals surface area (Å²) >= 11 is 0. The molecule has 0 radical (unpaired) electrons. The molecular weight excluding hydrogens is 400 g/mol. The summed E-state index contributed by atoms with van der Waals surface area (Å²) in [6.45, 7) is 5.75. The third kappa shape index (κ3) is 7.17. The van der Waals surface area contributed by atoms with E-state index in [1.54, 1.807) is 13.1 Å². The van der Waals surface area contributed by atoms with E-state index in [1.807, 2.05) is 18.3 Å². The number of hydrogen-bond acceptors (Lipinski definition) is 4. The Morgan fingerprint density at radius 3 is 2.58 bits per heavy atom. The van der Waals surface area contributed by atoms with Gasteiger partial charge in [0.1, 0.15) is 0 Å². The molecule has 1 aromatic heterocycles. The van der Waals surface area contributed by atoms with Crippen LogP contribution < -0.4 is 15.4 Å². The Morgan fingerprint density at radius 2 is 1.94 bits per heavy atom. The summed E-state index contributed by atoms with van der Waals surface area (Å²) in [5.41, 5.74) is 1.84. The molecule has 1 aliphatic heterocycles. The predicted octanol–water partition coefficient (Wildman–Crippen LogP) is 3.48. The van der Waals surface area contributed by atoms with Gasteiger partial charge in [-0.3, -0.25) is 9.89 Å². The van der Waals surface area contributed by atoms with Crippen molar-refractivity contribution in [3.05, 3.63) is 59.3 Å². The standard InChI is InChI=1S/C23H31F2N5O/c1-3-12-31-22-7-5-18(14-27-22)15-28-23(26-2)29-19-8-10-30(11-9-19)16-17-4-6-20(24)21(25)13-17/h4-7,13-14,19H,3,8-12,15-16H2,1-2H3,(H2,26,28,29). The fourth-order valence-corrected chi connectivity index (χ4v) is 3.51. The minimum absolute atomic E-state index is 0.315. The van der Waals surface area contributed by atoms with Gasteiger partial charge in [-0.15, -0.1) is 0 Å². The van der Waals surface area contributed by atoms with E-state index >= 15 is 0 Å². The minimum atomic E-state index is -0.804. The second-order valence-corrected chi connectivity index (χ2v) is 7.72. The number of ether oxygens (including phenoxy) is 1. The number of piperidine rings is 1. The lowest BCUT2D eigenvalue weighted by atomic mass is 10.0. The Bertz CT molecular complexity index is 852. The number of rotatable bonds is 8. The molecule has 0 atom stereocenters. The molecule has 1 fully saturated rings. The smallest absolute Gasteiger partial charge is 0.213 e. The number of aromatic nitrogens is 1. The fourth-order valence-electron chi connectivity index (χ4n) is 3.51. The molecule has 0 spiro atoms. The molecule has 8 heteroatoms. The summed E-state index contributed by atoms with van der Waals surface area (Å²) in [4.78, 5) is 10.9. The first-order valence-corrected chi connectivity index (χ1v) is 10.8. The van der Waals surface area contributed by atoms with Crippen LogP contribution >= 0.6 is 0 Å². The molecule has 31 heavy (non-hydrogen) atoms. The normalized spacial score (nSPS) is 15.7. The van der Waals surface area contributed by atoms with Gasteiger partial charge in [-0.2, -0.15) is 0 Å². The van der Waals surface area contributed by atoms with E-state index in [9.17, 15) is 8.78 Å². The number of nitrogens with zero attached hydrogens (tertiary/aromatic N) is 3. The maximum absolute atomic E-state index is 13.4. The number of benzene rings is 1. The highest BCUT2D eigenvalue weighted by molar-refractivity contribution is 5.79. The third-order valence-electron chi connectivity index (χ3n) is 5.25. The lowest BCUT2D eigenvalue weighted by Crippen LogP contribution is -2.48. The van der Waals surface area contributed by atoms with Crippen LogP contribution in [0.25, 0.3) is 0 Å². The van der Waals surface area contributed by atoms with Gasteiger partial charge in [0.2, 0.25) is 5.88 Å². The highest BCUT2D eigenvalue weighted by atomic mass is 19.2. The third-order valence-corrected chi connectivity index (χ3v) is 5.25. The zero-order valence-corrected chi connectivity index (χ0v) is 18.2. The first-order valence-electron chi connectivity index (χ1n) is 10.8. The van der Waals surface area contributed by atoms with Crippen LogP contribution in [-0.4, -0.2) is 48.6 Å². The van der Waals surface area contributed by atoms with Gasteiger partial charge in [0.05, 0.1) is 6.61 Å². The topological polar surface area (TPSA) is 61.8 Å². The largest absolute Gasteiger partial charge is 0.478 e. The molecule has 2 aromatic rings. The number of pyridine rings is 1. The van der Waals surface area contributed by atoms with Gasteiger partial charge >= 0.3 is 0 Å². The zero-order chi connectivity index (χ0) is 22.1. The van der Waals surface area contributed by atoms with E-state index in [0.29, 0.717) is 31.6 Å². The summed E-state index contributed by atoms with van der Waals surface area (Å²) in [7, 11) is 1.76. The van der Waals surface area contributed by atoms with Crippen molar-refractivity contribution in [2.45, 2.75) is 45.3 Å². The molecule has 0 amide bonds. The molecule has 0 saturated carbocycles. The van der Waals surface area contributed by atoms with Gasteiger partial charge in [0.25, 0.3) is 0 Å². The van der Waals surface area contributed by atoms with E-state index in [-0.39, 0.29) is 0 Å². The molecule has 6 nitrogen and oxygen atoms in total. The number of halogens is 2. The summed E-state index contributed by atoms with van der Waals surface area (Å²) in [6.07, 6.45) is 4.67. The van der Waals surface area contributed by atoms with Crippen LogP contribution in [0.3, 0.4) is 0 Å². The van der Waals surface area contributed by atoms with Crippen molar-refractivity contribution in [1.29, 1.82) is 0 Å². The quantitative estimate of drug-likeness (QED) is 0.495. The van der Waals surface area contributed by atoms with Crippen LogP contribution in [0.15, 0.2) is 41.5 Å². The van der Waals surface area contributed by atoms with Crippen molar-refractivity contribution in [3.63, 3.8) is 0 Å². The number of nitrogens with one attached hydrogen (secondary N) is 2. The number of guanidine groups is 1. The van der Waals surface area contributed by atoms with Crippen molar-refractivity contribution in [2.75, 3.05) is 26.7 Å². The molecule has 0 unspecified atom stereocenters. The SMILES string of the molecule is CCCOc1ccc(CNC(=NC)NC2CCN(Cc3ccc(F)c(F)c3)CC2)cn1. The molecule has 2 N–H and O–H groups in total. The molecule has 1 aliphatic rings. The van der Waals surface area contributed by atoms with Gasteiger partial charge < -0.3 is 15.4 Å². The van der Waals surface area contributed by atoms with Crippen molar-refractivity contribution >= 4 is 5.96 Å². The van der Waals surface area contributed by atoms with Crippen LogP contribution in [-0.2, 0) is 13.1 Å². The van der Waals surface area contributed by atoms with E-state index in [2.05, 4.69) is 32.4 Å². The maximum atomic E-state index is 13.4. The Kier molecular flexibility index (Phi) is 8.58. The van der Waals surface area contributed by atoms with E-state index in [0.717, 1.165) is 49.4 Å². The number of hydrogen-bond donors (Lipinski definition) is 2. The summed E-state index contributed by atoms with van der Waals surface area (Å²) in [6, 6.07) is 8.31. The van der Waals surface area contributed by atoms with Gasteiger partial charge in [0.15, 0.2) is 17.6 Å². The van der Waals surface area contributed by atoms with Crippen LogP contribution in [0.1, 0.15) is 37.3 Å². The number of likely N-dealkylation sites (tertiary alicyclic amines) is 1. The molecular formula is C23H31F2N5O. The Morgan fingerprint density at radius 1 is 1.16 bits per heavy atom. The molecule has 0 bridgehead atoms. The molecule has 1 saturated heterocycles. The number of aliphatic imine (C=N–C) groups is 1. The van der Waals surface area contributed by atoms with Gasteiger partial charge in [-0.05, 0) is 42.5 Å². The zero-order valence-electron chi connectivity index (χ0n) is 18.2. The molecule has 0 aliphatic carbocycles. The summed E-state index contributed by atoms with van der Waals surface area (Å²) in [5.74, 6) is -0.196. The average molecular weight is 432 g/mol. The molecule has 1 aromatic carbocycles. The van der Waals surface area contributed by atoms with E-state index in [4.69, 9.17) is 4.74 Å². The van der Waals surface area contributed by atoms with Gasteiger partial charge in [0, 0.05) is 51.5 Å². The van der Waals surface area contributed by atoms with Crippen molar-refractivity contribution in [2.24, 2.45) is 4.99 Å². The van der Waals surface area contributed by atoms with Gasteiger partial charge in [-0.25, -0.2) is 13.8 Å². The van der Waals surface area contributed by atoms with Crippen LogP contribution in [0.4, 0.5) is 8.78 Å². The van der Waals surface area contributed by atoms with Crippen LogP contribution in [0, 0.1) is 11.6 Å². The highest BCUT2D eigenvalue weighted by Crippen LogP contribution is 2.16. The predicted molar refractivity (Wildman–Crippen MR) is 118 cm³/mol. The second-order valence-electron chi connectivity index (χ2n) is 7.72. The van der Waals surface area contributed by atoms with Crippen molar-refractivity contribution < 1.29 is 13.5 Å². The van der Waals surface area contributed by atoms with Gasteiger partial charge in [-0.1, -0.05) is 19.1 Å². The fraction of sp³-hybridized carbons (Fsp3) is 0.478. The molecule has 2 heterocycles. The van der Waals surface area contributed by atoms with E-state index in [1.165, 1.54) is 12.1 Å².